The number of hydrogen-bond donors (Lipinski definition) is 4. The number of nitrogens with two attached hydrogens (primary N) is 1. The molecule has 0 aliphatic carbocycles. The van der Waals surface area contributed by atoms with Crippen LogP contribution in [0, 0.1) is 0 Å². The summed E-state index contributed by atoms with van der Waals surface area (Å²) in [6.07, 6.45) is -2.20. The number of benzene rings is 1. The first kappa shape index (κ1) is 7.48. The quantitative estimate of drug-likeness (QED) is 0.417. The van der Waals surface area contributed by atoms with Gasteiger partial charge in [-0.05, 0) is 17.6 Å². The molecule has 0 aliphatic rings. The molecule has 0 spiro atoms. The van der Waals surface area contributed by atoms with Crippen LogP contribution in [-0.2, 0) is 9.53 Å². The summed E-state index contributed by atoms with van der Waals surface area (Å²) in [7, 11) is 0.929. The van der Waals surface area contributed by atoms with E-state index in [2.05, 4.69) is 4.74 Å². The van der Waals surface area contributed by atoms with Crippen molar-refractivity contribution in [2.24, 2.45) is 5.73 Å². The standard InChI is InChI=1S/C10H13NO5/c1-16-10(15)8(11)9(14)5-2-3-6(12)7(13)4-5/h2-4,8-9,12-14H,11H2,1H3/t8-,9+/m0/s1/i2D,3D,4D,8D. The predicted octanol–water partition coefficient (Wildman–Crippen LogP) is -0.369. The lowest BCUT2D eigenvalue weighted by molar-refractivity contribution is -0.145. The SMILES string of the molecule is [2H]c1c([2H])c([C@@H](O)[C@]([2H])(N)C(=O)OC)c([2H])c(O)c1O. The van der Waals surface area contributed by atoms with E-state index < -0.39 is 53.3 Å². The van der Waals surface area contributed by atoms with E-state index in [0.29, 0.717) is 0 Å². The van der Waals surface area contributed by atoms with Crippen molar-refractivity contribution in [2.75, 3.05) is 7.11 Å². The lowest BCUT2D eigenvalue weighted by Gasteiger charge is -2.17. The number of aliphatic hydroxyl groups excluding tert-OH is 1. The number of ether oxygens (including phenoxy) is 1. The van der Waals surface area contributed by atoms with Gasteiger partial charge in [0.1, 0.15) is 12.1 Å². The molecule has 6 nitrogen and oxygen atoms in total. The summed E-state index contributed by atoms with van der Waals surface area (Å²) >= 11 is 0. The average Bonchev–Trinajstić information content (AvgIpc) is 2.41. The van der Waals surface area contributed by atoms with Gasteiger partial charge in [-0.2, -0.15) is 0 Å². The molecule has 0 saturated carbocycles. The number of phenolic OH excluding ortho intramolecular Hbond substituents is 2. The summed E-state index contributed by atoms with van der Waals surface area (Å²) in [6.45, 7) is 0. The van der Waals surface area contributed by atoms with E-state index in [1.165, 1.54) is 0 Å². The van der Waals surface area contributed by atoms with Crippen molar-refractivity contribution in [3.63, 3.8) is 0 Å². The Morgan fingerprint density at radius 1 is 1.56 bits per heavy atom. The van der Waals surface area contributed by atoms with Crippen LogP contribution in [0.2, 0.25) is 0 Å². The summed E-state index contributed by atoms with van der Waals surface area (Å²) in [4.78, 5) is 11.3. The molecule has 5 N–H and O–H groups in total. The Kier molecular flexibility index (Phi) is 2.25. The fourth-order valence-electron chi connectivity index (χ4n) is 0.925. The van der Waals surface area contributed by atoms with Gasteiger partial charge in [-0.1, -0.05) is 6.04 Å². The Labute approximate surface area is 97.5 Å². The first-order valence-corrected chi connectivity index (χ1v) is 4.14. The van der Waals surface area contributed by atoms with Gasteiger partial charge in [0.2, 0.25) is 0 Å². The Balaban J connectivity index is 3.52. The highest BCUT2D eigenvalue weighted by molar-refractivity contribution is 5.76. The van der Waals surface area contributed by atoms with Crippen LogP contribution in [0.5, 0.6) is 11.5 Å². The highest BCUT2D eigenvalue weighted by Gasteiger charge is 2.25. The van der Waals surface area contributed by atoms with Gasteiger partial charge in [0.25, 0.3) is 0 Å². The molecular weight excluding hydrogens is 214 g/mol. The van der Waals surface area contributed by atoms with Crippen molar-refractivity contribution in [1.29, 1.82) is 0 Å². The van der Waals surface area contributed by atoms with E-state index in [4.69, 9.17) is 11.2 Å². The topological polar surface area (TPSA) is 113 Å². The Bertz CT molecular complexity index is 534. The highest BCUT2D eigenvalue weighted by Crippen LogP contribution is 2.28. The number of phenols is 2. The molecule has 0 unspecified atom stereocenters. The zero-order valence-corrected chi connectivity index (χ0v) is 8.31. The monoisotopic (exact) mass is 231 g/mol. The predicted molar refractivity (Wildman–Crippen MR) is 54.7 cm³/mol. The number of carbonyl (C=O) groups excluding carboxylic acids is 1. The summed E-state index contributed by atoms with van der Waals surface area (Å²) in [5.74, 6) is -3.40. The number of rotatable bonds is 3. The minimum Gasteiger partial charge on any atom is -0.504 e. The molecule has 0 fully saturated rings. The highest BCUT2D eigenvalue weighted by atomic mass is 16.5. The summed E-state index contributed by atoms with van der Waals surface area (Å²) in [5, 5.41) is 28.7. The third-order valence-electron chi connectivity index (χ3n) is 1.78. The number of methoxy groups -OCH3 is 1. The molecule has 1 rings (SSSR count). The van der Waals surface area contributed by atoms with Gasteiger partial charge < -0.3 is 25.8 Å². The maximum absolute atomic E-state index is 11.3. The van der Waals surface area contributed by atoms with Gasteiger partial charge in [0, 0.05) is 0 Å². The largest absolute Gasteiger partial charge is 0.504 e. The summed E-state index contributed by atoms with van der Waals surface area (Å²) in [5.41, 5.74) is 4.56. The maximum Gasteiger partial charge on any atom is 0.325 e. The molecule has 0 bridgehead atoms. The van der Waals surface area contributed by atoms with Crippen LogP contribution in [-0.4, -0.2) is 34.4 Å². The molecule has 2 atom stereocenters. The van der Waals surface area contributed by atoms with Gasteiger partial charge in [-0.3, -0.25) is 4.79 Å². The van der Waals surface area contributed by atoms with Gasteiger partial charge in [0.15, 0.2) is 11.5 Å². The molecule has 0 aliphatic heterocycles. The van der Waals surface area contributed by atoms with Gasteiger partial charge in [0.05, 0.1) is 12.6 Å². The molecule has 0 radical (unpaired) electrons. The lowest BCUT2D eigenvalue weighted by atomic mass is 10.0. The van der Waals surface area contributed by atoms with E-state index in [1.54, 1.807) is 0 Å². The Morgan fingerprint density at radius 2 is 2.19 bits per heavy atom. The fraction of sp³-hybridized carbons (Fsp3) is 0.300. The molecular formula is C10H13NO5. The zero-order chi connectivity index (χ0) is 15.8. The van der Waals surface area contributed by atoms with E-state index in [1.807, 2.05) is 0 Å². The molecule has 0 amide bonds. The molecule has 16 heavy (non-hydrogen) atoms. The van der Waals surface area contributed by atoms with E-state index in [9.17, 15) is 20.1 Å². The molecule has 88 valence electrons. The minimum absolute atomic E-state index is 0.729. The van der Waals surface area contributed by atoms with Gasteiger partial charge in [-0.25, -0.2) is 0 Å². The van der Waals surface area contributed by atoms with Crippen LogP contribution in [0.25, 0.3) is 0 Å². The molecule has 0 heterocycles. The van der Waals surface area contributed by atoms with Crippen molar-refractivity contribution in [1.82, 2.24) is 0 Å². The van der Waals surface area contributed by atoms with Gasteiger partial charge >= 0.3 is 5.97 Å². The Hall–Kier alpha value is -1.79. The van der Waals surface area contributed by atoms with Crippen molar-refractivity contribution in [3.05, 3.63) is 23.7 Å². The third kappa shape index (κ3) is 2.41. The van der Waals surface area contributed by atoms with Crippen LogP contribution in [0.3, 0.4) is 0 Å². The molecule has 6 heteroatoms. The van der Waals surface area contributed by atoms with Crippen LogP contribution in [0.4, 0.5) is 0 Å². The van der Waals surface area contributed by atoms with Crippen molar-refractivity contribution in [3.8, 4) is 11.5 Å². The number of aliphatic hydroxyl groups is 1. The summed E-state index contributed by atoms with van der Waals surface area (Å²) in [6, 6.07) is -5.34. The lowest BCUT2D eigenvalue weighted by Crippen LogP contribution is -2.37. The number of esters is 1. The van der Waals surface area contributed by atoms with E-state index in [0.717, 1.165) is 7.11 Å². The second-order valence-electron chi connectivity index (χ2n) is 2.84. The maximum atomic E-state index is 11.3. The van der Waals surface area contributed by atoms with Crippen LogP contribution in [0.15, 0.2) is 18.1 Å². The minimum atomic E-state index is -2.74. The van der Waals surface area contributed by atoms with Crippen LogP contribution < -0.4 is 5.73 Å². The summed E-state index contributed by atoms with van der Waals surface area (Å²) < 4.78 is 34.2. The fourth-order valence-corrected chi connectivity index (χ4v) is 0.925. The third-order valence-corrected chi connectivity index (χ3v) is 1.78. The molecule has 0 aromatic heterocycles. The molecule has 1 aromatic carbocycles. The molecule has 1 aromatic rings. The average molecular weight is 231 g/mol. The first-order valence-electron chi connectivity index (χ1n) is 6.14. The number of aromatic hydroxyl groups is 2. The van der Waals surface area contributed by atoms with E-state index >= 15 is 0 Å². The van der Waals surface area contributed by atoms with Crippen LogP contribution in [0.1, 0.15) is 17.2 Å². The molecule has 0 saturated heterocycles. The number of carbonyl (C=O) groups is 1. The Morgan fingerprint density at radius 3 is 2.75 bits per heavy atom. The second kappa shape index (κ2) is 4.82. The normalized spacial score (nSPS) is 19.7. The van der Waals surface area contributed by atoms with Crippen molar-refractivity contribution >= 4 is 5.97 Å². The van der Waals surface area contributed by atoms with Crippen molar-refractivity contribution < 1.29 is 30.3 Å². The van der Waals surface area contributed by atoms with Gasteiger partial charge in [-0.15, -0.1) is 0 Å². The van der Waals surface area contributed by atoms with E-state index in [-0.39, 0.29) is 0 Å². The van der Waals surface area contributed by atoms with Crippen LogP contribution >= 0.6 is 0 Å². The zero-order valence-electron chi connectivity index (χ0n) is 12.3. The second-order valence-corrected chi connectivity index (χ2v) is 2.84. The number of hydrogen-bond acceptors (Lipinski definition) is 6. The van der Waals surface area contributed by atoms with Crippen molar-refractivity contribution in [2.45, 2.75) is 12.1 Å². The first-order chi connectivity index (χ1) is 9.07. The smallest absolute Gasteiger partial charge is 0.325 e.